The van der Waals surface area contributed by atoms with E-state index in [4.69, 9.17) is 4.74 Å². The van der Waals surface area contributed by atoms with Crippen molar-refractivity contribution < 1.29 is 37.7 Å². The van der Waals surface area contributed by atoms with Crippen molar-refractivity contribution in [1.82, 2.24) is 5.32 Å². The predicted molar refractivity (Wildman–Crippen MR) is 52.3 cm³/mol. The summed E-state index contributed by atoms with van der Waals surface area (Å²) in [6.07, 6.45) is -0.305. The number of carbonyl (C=O) groups is 1. The SMILES string of the molecule is CC(C)(C)OC(=O)N[CH2][K].FOB(OF)OF. The summed E-state index contributed by atoms with van der Waals surface area (Å²) in [5.41, 5.74) is -0.369. The van der Waals surface area contributed by atoms with Crippen LogP contribution in [0.4, 0.5) is 18.4 Å². The van der Waals surface area contributed by atoms with Gasteiger partial charge in [-0.3, -0.25) is 0 Å². The van der Waals surface area contributed by atoms with E-state index in [1.165, 1.54) is 0 Å². The molecule has 0 aromatic rings. The van der Waals surface area contributed by atoms with E-state index in [1.807, 2.05) is 20.8 Å². The number of alkyl carbamates (subject to hydrolysis) is 1. The number of hydrogen-bond donors (Lipinski definition) is 1. The normalized spacial score (nSPS) is 10.1. The van der Waals surface area contributed by atoms with Gasteiger partial charge in [-0.1, -0.05) is 13.6 Å². The van der Waals surface area contributed by atoms with Crippen LogP contribution in [-0.4, -0.2) is 68.6 Å². The maximum Gasteiger partial charge on any atom is 0.737 e. The van der Waals surface area contributed by atoms with E-state index < -0.39 is 7.32 Å². The van der Waals surface area contributed by atoms with Crippen molar-refractivity contribution in [2.24, 2.45) is 0 Å². The van der Waals surface area contributed by atoms with Gasteiger partial charge in [-0.05, 0) is 0 Å². The van der Waals surface area contributed by atoms with Crippen LogP contribution in [0.3, 0.4) is 0 Å². The number of nitrogens with one attached hydrogen (secondary N) is 1. The summed E-state index contributed by atoms with van der Waals surface area (Å²) in [7, 11) is -2.51. The van der Waals surface area contributed by atoms with E-state index >= 15 is 0 Å². The zero-order valence-corrected chi connectivity index (χ0v) is 13.1. The Hall–Kier alpha value is 0.641. The van der Waals surface area contributed by atoms with Crippen LogP contribution in [0.1, 0.15) is 20.8 Å². The summed E-state index contributed by atoms with van der Waals surface area (Å²) in [5.74, 6) is 0. The molecule has 0 aromatic carbocycles. The predicted octanol–water partition coefficient (Wildman–Crippen LogP) is 1.31. The standard InChI is InChI=1S/C6H12NO2.BF3O3.K/c1-6(2,3)9-5(8)7-4;2-5-1(6-3)7-4;/h4H2,1-3H3,(H,7,8);;. The molecular formula is C6H12BF3KNO5. The fourth-order valence-corrected chi connectivity index (χ4v) is 0.951. The van der Waals surface area contributed by atoms with Crippen molar-refractivity contribution in [3.05, 3.63) is 0 Å². The second-order valence-electron chi connectivity index (χ2n) is 3.59. The number of rotatable bonds is 4. The summed E-state index contributed by atoms with van der Waals surface area (Å²) in [4.78, 5) is 17.8. The Morgan fingerprint density at radius 2 is 1.65 bits per heavy atom. The molecule has 0 aliphatic carbocycles. The molecule has 6 nitrogen and oxygen atoms in total. The number of ether oxygens (including phenoxy) is 1. The van der Waals surface area contributed by atoms with Gasteiger partial charge >= 0.3 is 104 Å². The molecule has 0 heterocycles. The van der Waals surface area contributed by atoms with Crippen LogP contribution in [0.15, 0.2) is 0 Å². The molecule has 11 heteroatoms. The molecule has 0 saturated carbocycles. The van der Waals surface area contributed by atoms with Gasteiger partial charge in [0, 0.05) is 0 Å². The number of amides is 1. The molecule has 17 heavy (non-hydrogen) atoms. The van der Waals surface area contributed by atoms with Crippen LogP contribution in [-0.2, 0) is 19.3 Å². The molecule has 0 unspecified atom stereocenters. The minimum atomic E-state index is -2.51. The first kappa shape index (κ1) is 20.0. The first-order valence-electron chi connectivity index (χ1n) is 4.59. The van der Waals surface area contributed by atoms with Gasteiger partial charge < -0.3 is 0 Å². The molecule has 0 saturated heterocycles. The van der Waals surface area contributed by atoms with E-state index in [2.05, 4.69) is 19.9 Å². The largest absolute Gasteiger partial charge is 0.737 e. The van der Waals surface area contributed by atoms with Crippen molar-refractivity contribution in [3.63, 3.8) is 0 Å². The number of hydrogen-bond acceptors (Lipinski definition) is 5. The third-order valence-corrected chi connectivity index (χ3v) is 1.49. The van der Waals surface area contributed by atoms with E-state index in [9.17, 15) is 18.4 Å². The molecule has 0 spiro atoms. The summed E-state index contributed by atoms with van der Waals surface area (Å²) >= 11 is 0.657. The molecule has 0 rings (SSSR count). The molecule has 0 aromatic heterocycles. The van der Waals surface area contributed by atoms with Gasteiger partial charge in [0.2, 0.25) is 0 Å². The Kier molecular flexibility index (Phi) is 13.8. The first-order valence-corrected chi connectivity index (χ1v) is 6.80. The van der Waals surface area contributed by atoms with Crippen LogP contribution in [0.25, 0.3) is 0 Å². The van der Waals surface area contributed by atoms with Crippen LogP contribution < -0.4 is 5.32 Å². The minimum absolute atomic E-state index is 0.305. The zero-order valence-electron chi connectivity index (χ0n) is 9.96. The molecule has 1 N–H and O–H groups in total. The molecule has 0 aliphatic rings. The van der Waals surface area contributed by atoms with Gasteiger partial charge in [0.05, 0.1) is 0 Å². The molecule has 0 fully saturated rings. The van der Waals surface area contributed by atoms with Crippen molar-refractivity contribution >= 4 is 62.4 Å². The number of carbonyl (C=O) groups excluding carboxylic acids is 1. The van der Waals surface area contributed by atoms with E-state index in [0.29, 0.717) is 49.0 Å². The average Bonchev–Trinajstić information content (AvgIpc) is 2.19. The van der Waals surface area contributed by atoms with E-state index in [1.54, 1.807) is 0 Å². The fourth-order valence-electron chi connectivity index (χ4n) is 0.500. The average molecular weight is 285 g/mol. The van der Waals surface area contributed by atoms with Crippen LogP contribution >= 0.6 is 0 Å². The zero-order chi connectivity index (χ0) is 13.9. The topological polar surface area (TPSA) is 66.0 Å². The van der Waals surface area contributed by atoms with Crippen LogP contribution in [0, 0.1) is 0 Å². The van der Waals surface area contributed by atoms with E-state index in [-0.39, 0.29) is 11.7 Å². The Morgan fingerprint density at radius 1 is 1.24 bits per heavy atom. The Bertz CT molecular complexity index is 199. The maximum atomic E-state index is 10.8. The van der Waals surface area contributed by atoms with Gasteiger partial charge in [-0.2, -0.15) is 14.6 Å². The first-order chi connectivity index (χ1) is 7.80. The summed E-state index contributed by atoms with van der Waals surface area (Å²) < 4.78 is 37.0. The van der Waals surface area contributed by atoms with Gasteiger partial charge in [0.25, 0.3) is 0 Å². The Balaban J connectivity index is 0. The van der Waals surface area contributed by atoms with E-state index in [0.717, 1.165) is 0.639 Å². The third-order valence-electron chi connectivity index (χ3n) is 0.938. The third kappa shape index (κ3) is 16.6. The number of halogens is 3. The quantitative estimate of drug-likeness (QED) is 0.789. The van der Waals surface area contributed by atoms with Crippen molar-refractivity contribution in [2.45, 2.75) is 26.4 Å². The molecule has 0 aliphatic heterocycles. The molecular weight excluding hydrogens is 273 g/mol. The van der Waals surface area contributed by atoms with Crippen LogP contribution in [0.2, 0.25) is 0 Å². The van der Waals surface area contributed by atoms with Crippen molar-refractivity contribution in [1.29, 1.82) is 0 Å². The molecule has 0 atom stereocenters. The van der Waals surface area contributed by atoms with Gasteiger partial charge in [0.1, 0.15) is 0 Å². The van der Waals surface area contributed by atoms with Gasteiger partial charge in [-0.15, -0.1) is 0 Å². The molecule has 0 radical (unpaired) electrons. The Morgan fingerprint density at radius 3 is 1.82 bits per heavy atom. The molecule has 1 amide bonds. The monoisotopic (exact) mass is 285 g/mol. The summed E-state index contributed by atoms with van der Waals surface area (Å²) in [6.45, 7) is 5.55. The maximum absolute atomic E-state index is 10.8. The van der Waals surface area contributed by atoms with Gasteiger partial charge in [-0.25, -0.2) is 0 Å². The summed E-state index contributed by atoms with van der Waals surface area (Å²) in [6, 6.07) is 0. The molecule has 0 bridgehead atoms. The van der Waals surface area contributed by atoms with Crippen molar-refractivity contribution in [3.8, 4) is 0 Å². The Labute approximate surface area is 131 Å². The summed E-state index contributed by atoms with van der Waals surface area (Å²) in [5, 5.41) is 2.62. The fraction of sp³-hybridized carbons (Fsp3) is 0.833. The second kappa shape index (κ2) is 11.7. The second-order valence-corrected chi connectivity index (χ2v) is 4.69. The smallest absolute Gasteiger partial charge is 0.185 e. The van der Waals surface area contributed by atoms with Crippen LogP contribution in [0.5, 0.6) is 0 Å². The van der Waals surface area contributed by atoms with Crippen molar-refractivity contribution in [2.75, 3.05) is 0.639 Å². The van der Waals surface area contributed by atoms with Gasteiger partial charge in [0.15, 0.2) is 0 Å². The molecule has 96 valence electrons. The minimum Gasteiger partial charge on any atom is -0.185 e.